The summed E-state index contributed by atoms with van der Waals surface area (Å²) in [6.45, 7) is 1.37. The molecule has 5 heteroatoms. The maximum absolute atomic E-state index is 10.2. The van der Waals surface area contributed by atoms with Crippen molar-refractivity contribution in [3.63, 3.8) is 0 Å². The predicted molar refractivity (Wildman–Crippen MR) is 215 cm³/mol. The van der Waals surface area contributed by atoms with Gasteiger partial charge in [0, 0.05) is 43.9 Å². The Labute approximate surface area is 333 Å². The number of para-hydroxylation sites is 6. The van der Waals surface area contributed by atoms with Gasteiger partial charge in [0.15, 0.2) is 0 Å². The molecule has 0 N–H and O–H groups in total. The van der Waals surface area contributed by atoms with Gasteiger partial charge in [-0.2, -0.15) is 4.98 Å². The normalized spacial score (nSPS) is 18.4. The van der Waals surface area contributed by atoms with Crippen LogP contribution < -0.4 is 0 Å². The average molecular weight is 690 g/mol. The van der Waals surface area contributed by atoms with Gasteiger partial charge in [0.2, 0.25) is 5.95 Å². The molecule has 5 nitrogen and oxygen atoms in total. The Kier molecular flexibility index (Phi) is 2.96. The molecule has 0 radical (unpaired) electrons. The second-order valence-electron chi connectivity index (χ2n) is 11.7. The third kappa shape index (κ3) is 4.11. The van der Waals surface area contributed by atoms with Crippen LogP contribution in [0.15, 0.2) is 169 Å². The molecule has 4 heterocycles. The molecule has 7 aromatic carbocycles. The van der Waals surface area contributed by atoms with Crippen molar-refractivity contribution >= 4 is 65.4 Å². The van der Waals surface area contributed by atoms with Crippen molar-refractivity contribution in [1.29, 1.82) is 0 Å². The van der Waals surface area contributed by atoms with E-state index in [9.17, 15) is 11.0 Å². The van der Waals surface area contributed by atoms with E-state index < -0.39 is 195 Å². The molecule has 4 aromatic heterocycles. The zero-order valence-corrected chi connectivity index (χ0v) is 26.5. The molecule has 0 bridgehead atoms. The Morgan fingerprint density at radius 2 is 0.904 bits per heavy atom. The highest BCUT2D eigenvalue weighted by atomic mass is 15.2. The standard InChI is InChI=1S/C47H31N5/c1-30-26-27-45-37(28-30)35-18-6-12-24-43(35)52(45)47-48-38(29-46(49-47)51-41-22-10-4-16-33(41)34-17-5-11-23-42(34)51)36-19-7-13-25-44(36)50-39-20-8-2-14-31(39)32-15-3-9-21-40(32)50/h2-29H,1H3/i2D,3D,4D,5D,6D,8D,9D,10D,11D,12D,14D,15D,16D,17D,18D,20D,21D,22D,23D,24D,26D,27D,28D,29D. The first-order chi connectivity index (χ1) is 35.7. The fraction of sp³-hybridized carbons (Fsp3) is 0.0213. The van der Waals surface area contributed by atoms with Crippen LogP contribution in [0.25, 0.3) is 94.1 Å². The average Bonchev–Trinajstić information content (AvgIpc) is 4.21. The molecule has 0 amide bonds. The predicted octanol–water partition coefficient (Wildman–Crippen LogP) is 11.7. The summed E-state index contributed by atoms with van der Waals surface area (Å²) in [5.74, 6) is -1.40. The molecule has 0 aliphatic rings. The molecule has 0 saturated heterocycles. The summed E-state index contributed by atoms with van der Waals surface area (Å²) in [4.78, 5) is 9.63. The minimum atomic E-state index is -0.831. The molecule has 52 heavy (non-hydrogen) atoms. The largest absolute Gasteiger partial charge is 0.309 e. The van der Waals surface area contributed by atoms with Crippen molar-refractivity contribution in [3.8, 4) is 28.7 Å². The van der Waals surface area contributed by atoms with Gasteiger partial charge in [-0.25, -0.2) is 4.98 Å². The molecule has 0 aliphatic carbocycles. The summed E-state index contributed by atoms with van der Waals surface area (Å²) < 4.78 is 219. The lowest BCUT2D eigenvalue weighted by Gasteiger charge is -2.16. The van der Waals surface area contributed by atoms with Gasteiger partial charge >= 0.3 is 0 Å². The first kappa shape index (κ1) is 14.0. The molecule has 244 valence electrons. The van der Waals surface area contributed by atoms with Gasteiger partial charge in [0.25, 0.3) is 0 Å². The Morgan fingerprint density at radius 1 is 0.442 bits per heavy atom. The summed E-state index contributed by atoms with van der Waals surface area (Å²) in [7, 11) is 0. The second kappa shape index (κ2) is 11.0. The quantitative estimate of drug-likeness (QED) is 0.185. The molecule has 0 aliphatic heterocycles. The molecular weight excluding hydrogens is 635 g/mol. The van der Waals surface area contributed by atoms with E-state index in [1.54, 1.807) is 0 Å². The van der Waals surface area contributed by atoms with E-state index in [1.165, 1.54) is 31.2 Å². The minimum absolute atomic E-state index is 0.0441. The lowest BCUT2D eigenvalue weighted by molar-refractivity contribution is 0.951. The zero-order chi connectivity index (χ0) is 55.2. The lowest BCUT2D eigenvalue weighted by Crippen LogP contribution is -2.08. The smallest absolute Gasteiger partial charge is 0.237 e. The number of fused-ring (bicyclic) bond motifs is 9. The van der Waals surface area contributed by atoms with Crippen molar-refractivity contribution < 1.29 is 32.9 Å². The van der Waals surface area contributed by atoms with Crippen LogP contribution in [0.3, 0.4) is 0 Å². The third-order valence-electron chi connectivity index (χ3n) is 8.81. The minimum Gasteiger partial charge on any atom is -0.309 e. The topological polar surface area (TPSA) is 40.6 Å². The van der Waals surface area contributed by atoms with Gasteiger partial charge in [0.1, 0.15) is 5.82 Å². The van der Waals surface area contributed by atoms with E-state index >= 15 is 0 Å². The molecule has 0 unspecified atom stereocenters. The molecular formula is C47H31N5. The Hall–Kier alpha value is -6.98. The Morgan fingerprint density at radius 3 is 1.48 bits per heavy atom. The number of nitrogens with zero attached hydrogens (tertiary/aromatic N) is 5. The number of hydrogen-bond donors (Lipinski definition) is 0. The van der Waals surface area contributed by atoms with Crippen LogP contribution in [-0.2, 0) is 0 Å². The third-order valence-corrected chi connectivity index (χ3v) is 8.81. The zero-order valence-electron chi connectivity index (χ0n) is 50.5. The second-order valence-corrected chi connectivity index (χ2v) is 11.7. The van der Waals surface area contributed by atoms with Crippen molar-refractivity contribution in [1.82, 2.24) is 23.7 Å². The van der Waals surface area contributed by atoms with E-state index in [0.717, 1.165) is 13.7 Å². The fourth-order valence-electron chi connectivity index (χ4n) is 6.69. The maximum atomic E-state index is 10.2. The van der Waals surface area contributed by atoms with E-state index in [4.69, 9.17) is 31.9 Å². The molecule has 0 atom stereocenters. The monoisotopic (exact) mass is 689 g/mol. The number of aromatic nitrogens is 5. The molecule has 0 saturated carbocycles. The van der Waals surface area contributed by atoms with Gasteiger partial charge < -0.3 is 4.57 Å². The van der Waals surface area contributed by atoms with Crippen molar-refractivity contribution in [2.45, 2.75) is 6.92 Å². The summed E-state index contributed by atoms with van der Waals surface area (Å²) in [6, 6.07) is -11.5. The highest BCUT2D eigenvalue weighted by Crippen LogP contribution is 2.39. The lowest BCUT2D eigenvalue weighted by atomic mass is 10.1. The van der Waals surface area contributed by atoms with Crippen LogP contribution in [0.2, 0.25) is 0 Å². The number of rotatable bonds is 4. The van der Waals surface area contributed by atoms with Gasteiger partial charge in [-0.3, -0.25) is 9.13 Å². The van der Waals surface area contributed by atoms with Crippen LogP contribution in [0.1, 0.15) is 38.5 Å². The van der Waals surface area contributed by atoms with E-state index in [0.29, 0.717) is 0 Å². The van der Waals surface area contributed by atoms with Crippen molar-refractivity contribution in [3.05, 3.63) is 175 Å². The van der Waals surface area contributed by atoms with E-state index in [-0.39, 0.29) is 49.4 Å². The Bertz CT molecular complexity index is 4360. The summed E-state index contributed by atoms with van der Waals surface area (Å²) in [6.07, 6.45) is 0. The van der Waals surface area contributed by atoms with Crippen molar-refractivity contribution in [2.24, 2.45) is 0 Å². The Balaban J connectivity index is 1.43. The van der Waals surface area contributed by atoms with Crippen LogP contribution in [0.5, 0.6) is 0 Å². The number of hydrogen-bond acceptors (Lipinski definition) is 2. The van der Waals surface area contributed by atoms with Crippen LogP contribution in [0, 0.1) is 6.92 Å². The molecule has 11 aromatic rings. The summed E-state index contributed by atoms with van der Waals surface area (Å²) >= 11 is 0. The summed E-state index contributed by atoms with van der Waals surface area (Å²) in [5.41, 5.74) is -3.44. The van der Waals surface area contributed by atoms with Crippen molar-refractivity contribution in [2.75, 3.05) is 0 Å². The molecule has 0 fully saturated rings. The van der Waals surface area contributed by atoms with Gasteiger partial charge in [-0.05, 0) is 55.3 Å². The highest BCUT2D eigenvalue weighted by molar-refractivity contribution is 6.11. The fourth-order valence-corrected chi connectivity index (χ4v) is 6.69. The van der Waals surface area contributed by atoms with Gasteiger partial charge in [-0.1, -0.05) is 120 Å². The van der Waals surface area contributed by atoms with Gasteiger partial charge in [0.05, 0.1) is 77.4 Å². The first-order valence-corrected chi connectivity index (χ1v) is 15.7. The van der Waals surface area contributed by atoms with Crippen LogP contribution in [0.4, 0.5) is 0 Å². The van der Waals surface area contributed by atoms with Crippen LogP contribution >= 0.6 is 0 Å². The number of benzene rings is 7. The SMILES string of the molecule is [2H]c1c(-c2ccccc2-n2c3c([2H])c([2H])c([2H])c([2H])c3c3c([2H])c([2H])c([2H])c([2H])c32)nc(-n2c3c([2H])c([2H])c([2H])c([2H])c3c3c([2H])c(C)c([2H])c([2H])c32)nc1-n1c2c([2H])c([2H])c([2H])c([2H])c2c2c([2H])c([2H])c([2H])c([2H])c21. The maximum Gasteiger partial charge on any atom is 0.237 e. The summed E-state index contributed by atoms with van der Waals surface area (Å²) in [5, 5.41) is -2.00. The van der Waals surface area contributed by atoms with E-state index in [1.807, 2.05) is 0 Å². The van der Waals surface area contributed by atoms with E-state index in [2.05, 4.69) is 0 Å². The first-order valence-electron chi connectivity index (χ1n) is 27.7. The molecule has 11 rings (SSSR count). The molecule has 0 spiro atoms. The van der Waals surface area contributed by atoms with Crippen LogP contribution in [-0.4, -0.2) is 23.7 Å². The van der Waals surface area contributed by atoms with Gasteiger partial charge in [-0.15, -0.1) is 0 Å². The highest BCUT2D eigenvalue weighted by Gasteiger charge is 2.21.